The first-order valence-electron chi connectivity index (χ1n) is 8.95. The van der Waals surface area contributed by atoms with E-state index in [-0.39, 0.29) is 18.2 Å². The second-order valence-electron chi connectivity index (χ2n) is 7.94. The minimum absolute atomic E-state index is 0.157. The summed E-state index contributed by atoms with van der Waals surface area (Å²) >= 11 is 0. The van der Waals surface area contributed by atoms with Gasteiger partial charge in [-0.1, -0.05) is 6.07 Å². The van der Waals surface area contributed by atoms with Gasteiger partial charge in [0.1, 0.15) is 24.0 Å². The van der Waals surface area contributed by atoms with Crippen LogP contribution < -0.4 is 4.74 Å². The smallest absolute Gasteiger partial charge is 0.487 e. The van der Waals surface area contributed by atoms with Crippen LogP contribution in [0.5, 0.6) is 5.75 Å². The maximum absolute atomic E-state index is 13.8. The Hall–Kier alpha value is -2.18. The van der Waals surface area contributed by atoms with E-state index in [1.54, 1.807) is 12.1 Å². The third-order valence-electron chi connectivity index (χ3n) is 5.55. The zero-order valence-electron chi connectivity index (χ0n) is 15.8. The van der Waals surface area contributed by atoms with Gasteiger partial charge in [0.2, 0.25) is 0 Å². The Morgan fingerprint density at radius 1 is 0.889 bits per heavy atom. The fourth-order valence-corrected chi connectivity index (χ4v) is 3.36. The molecule has 140 valence electrons. The second-order valence-corrected chi connectivity index (χ2v) is 7.94. The van der Waals surface area contributed by atoms with Crippen LogP contribution in [-0.2, 0) is 15.9 Å². The monoisotopic (exact) mass is 370 g/mol. The summed E-state index contributed by atoms with van der Waals surface area (Å²) in [5.74, 6) is 1.54. The fourth-order valence-electron chi connectivity index (χ4n) is 3.36. The van der Waals surface area contributed by atoms with E-state index in [0.29, 0.717) is 11.3 Å². The van der Waals surface area contributed by atoms with Crippen molar-refractivity contribution in [2.45, 2.75) is 45.5 Å². The lowest BCUT2D eigenvalue weighted by atomic mass is 9.81. The molecule has 0 spiro atoms. The van der Waals surface area contributed by atoms with Crippen LogP contribution in [0.25, 0.3) is 5.57 Å². The highest BCUT2D eigenvalue weighted by molar-refractivity contribution is 6.53. The van der Waals surface area contributed by atoms with Crippen LogP contribution in [0.4, 0.5) is 8.78 Å². The summed E-state index contributed by atoms with van der Waals surface area (Å²) < 4.78 is 45.5. The van der Waals surface area contributed by atoms with Gasteiger partial charge in [-0.3, -0.25) is 0 Å². The summed E-state index contributed by atoms with van der Waals surface area (Å²) in [5.41, 5.74) is 2.04. The third kappa shape index (κ3) is 3.17. The number of hydrogen-bond acceptors (Lipinski definition) is 3. The Kier molecular flexibility index (Phi) is 4.16. The lowest BCUT2D eigenvalue weighted by molar-refractivity contribution is 0.00578. The fraction of sp³-hybridized carbons (Fsp3) is 0.333. The van der Waals surface area contributed by atoms with Gasteiger partial charge < -0.3 is 14.0 Å². The molecule has 2 aromatic rings. The SMILES string of the molecule is CC1(C)OB(C=C2c3ccc(F)cc3COc3cc(F)ccc32)OC1(C)C. The molecule has 2 aliphatic heterocycles. The van der Waals surface area contributed by atoms with Crippen molar-refractivity contribution < 1.29 is 22.8 Å². The molecule has 27 heavy (non-hydrogen) atoms. The van der Waals surface area contributed by atoms with E-state index in [1.165, 1.54) is 24.3 Å². The van der Waals surface area contributed by atoms with E-state index in [0.717, 1.165) is 16.7 Å². The summed E-state index contributed by atoms with van der Waals surface area (Å²) in [6.45, 7) is 8.08. The first-order valence-corrected chi connectivity index (χ1v) is 8.95. The first-order chi connectivity index (χ1) is 12.7. The predicted molar refractivity (Wildman–Crippen MR) is 100 cm³/mol. The zero-order chi connectivity index (χ0) is 19.4. The molecule has 0 radical (unpaired) electrons. The van der Waals surface area contributed by atoms with Crippen LogP contribution in [0.15, 0.2) is 42.4 Å². The van der Waals surface area contributed by atoms with Crippen molar-refractivity contribution >= 4 is 12.7 Å². The number of ether oxygens (including phenoxy) is 1. The van der Waals surface area contributed by atoms with Crippen molar-refractivity contribution in [2.24, 2.45) is 0 Å². The van der Waals surface area contributed by atoms with Crippen molar-refractivity contribution in [3.8, 4) is 5.75 Å². The van der Waals surface area contributed by atoms with Crippen LogP contribution >= 0.6 is 0 Å². The van der Waals surface area contributed by atoms with E-state index >= 15 is 0 Å². The molecule has 0 aliphatic carbocycles. The normalized spacial score (nSPS) is 21.4. The number of benzene rings is 2. The molecular weight excluding hydrogens is 349 g/mol. The molecule has 0 atom stereocenters. The average Bonchev–Trinajstić information content (AvgIpc) is 2.70. The number of rotatable bonds is 1. The standard InChI is InChI=1S/C21H21BF2O3/c1-20(2)21(3,4)27-22(26-20)11-18-16-7-5-14(23)9-13(16)12-25-19-10-15(24)6-8-17(18)19/h5-11H,12H2,1-4H3. The van der Waals surface area contributed by atoms with Crippen molar-refractivity contribution in [2.75, 3.05) is 0 Å². The minimum atomic E-state index is -0.584. The quantitative estimate of drug-likeness (QED) is 0.667. The van der Waals surface area contributed by atoms with Gasteiger partial charge in [-0.2, -0.15) is 0 Å². The van der Waals surface area contributed by atoms with Gasteiger partial charge >= 0.3 is 7.12 Å². The van der Waals surface area contributed by atoms with Gasteiger partial charge in [0.15, 0.2) is 0 Å². The second kappa shape index (κ2) is 6.18. The molecule has 0 saturated carbocycles. The summed E-state index contributed by atoms with van der Waals surface area (Å²) in [4.78, 5) is 0. The topological polar surface area (TPSA) is 27.7 Å². The van der Waals surface area contributed by atoms with E-state index < -0.39 is 18.3 Å². The van der Waals surface area contributed by atoms with Gasteiger partial charge in [-0.25, -0.2) is 8.78 Å². The number of hydrogen-bond donors (Lipinski definition) is 0. The molecule has 1 saturated heterocycles. The molecule has 0 amide bonds. The van der Waals surface area contributed by atoms with Gasteiger partial charge in [0.05, 0.1) is 11.2 Å². The molecule has 0 N–H and O–H groups in total. The summed E-state index contributed by atoms with van der Waals surface area (Å²) in [6, 6.07) is 8.95. The zero-order valence-corrected chi connectivity index (χ0v) is 15.8. The molecule has 2 aromatic carbocycles. The number of fused-ring (bicyclic) bond motifs is 2. The lowest BCUT2D eigenvalue weighted by Gasteiger charge is -2.32. The van der Waals surface area contributed by atoms with Gasteiger partial charge in [-0.15, -0.1) is 0 Å². The van der Waals surface area contributed by atoms with Crippen LogP contribution in [0.1, 0.15) is 44.4 Å². The van der Waals surface area contributed by atoms with Crippen LogP contribution in [0.2, 0.25) is 0 Å². The van der Waals surface area contributed by atoms with Crippen LogP contribution in [-0.4, -0.2) is 18.3 Å². The van der Waals surface area contributed by atoms with Crippen molar-refractivity contribution in [3.05, 3.63) is 70.7 Å². The van der Waals surface area contributed by atoms with Gasteiger partial charge in [0, 0.05) is 11.6 Å². The van der Waals surface area contributed by atoms with Gasteiger partial charge in [-0.05, 0) is 74.6 Å². The van der Waals surface area contributed by atoms with Crippen LogP contribution in [0.3, 0.4) is 0 Å². The Morgan fingerprint density at radius 2 is 1.48 bits per heavy atom. The molecule has 2 aliphatic rings. The summed E-state index contributed by atoms with van der Waals surface area (Å²) in [6.07, 6.45) is 0. The molecule has 6 heteroatoms. The van der Waals surface area contributed by atoms with Crippen molar-refractivity contribution in [1.82, 2.24) is 0 Å². The van der Waals surface area contributed by atoms with E-state index in [2.05, 4.69) is 0 Å². The molecule has 0 aromatic heterocycles. The summed E-state index contributed by atoms with van der Waals surface area (Å²) in [5, 5.41) is 0. The first kappa shape index (κ1) is 18.2. The highest BCUT2D eigenvalue weighted by atomic mass is 19.1. The molecule has 3 nitrogen and oxygen atoms in total. The Labute approximate surface area is 158 Å². The molecule has 0 unspecified atom stereocenters. The molecule has 2 heterocycles. The molecule has 4 rings (SSSR count). The average molecular weight is 370 g/mol. The Balaban J connectivity index is 1.86. The Morgan fingerprint density at radius 3 is 2.15 bits per heavy atom. The van der Waals surface area contributed by atoms with E-state index in [9.17, 15) is 8.78 Å². The maximum Gasteiger partial charge on any atom is 0.487 e. The minimum Gasteiger partial charge on any atom is -0.488 e. The van der Waals surface area contributed by atoms with E-state index in [4.69, 9.17) is 14.0 Å². The largest absolute Gasteiger partial charge is 0.488 e. The Bertz CT molecular complexity index is 866. The molecular formula is C21H21BF2O3. The van der Waals surface area contributed by atoms with Gasteiger partial charge in [0.25, 0.3) is 0 Å². The van der Waals surface area contributed by atoms with Crippen LogP contribution in [0, 0.1) is 11.6 Å². The highest BCUT2D eigenvalue weighted by Gasteiger charge is 2.50. The lowest BCUT2D eigenvalue weighted by Crippen LogP contribution is -2.41. The summed E-state index contributed by atoms with van der Waals surface area (Å²) in [7, 11) is -0.584. The van der Waals surface area contributed by atoms with Crippen molar-refractivity contribution in [1.29, 1.82) is 0 Å². The molecule has 0 bridgehead atoms. The van der Waals surface area contributed by atoms with E-state index in [1.807, 2.05) is 33.7 Å². The maximum atomic E-state index is 13.8. The third-order valence-corrected chi connectivity index (χ3v) is 5.55. The molecule has 1 fully saturated rings. The highest BCUT2D eigenvalue weighted by Crippen LogP contribution is 2.41. The van der Waals surface area contributed by atoms with Crippen molar-refractivity contribution in [3.63, 3.8) is 0 Å². The predicted octanol–water partition coefficient (Wildman–Crippen LogP) is 4.92. The number of halogens is 2.